The number of hydrogen-bond acceptors (Lipinski definition) is 4. The van der Waals surface area contributed by atoms with Crippen molar-refractivity contribution in [3.63, 3.8) is 0 Å². The first-order valence-corrected chi connectivity index (χ1v) is 11.9. The van der Waals surface area contributed by atoms with E-state index in [9.17, 15) is 74.3 Å². The van der Waals surface area contributed by atoms with Crippen molar-refractivity contribution >= 4 is 37.4 Å². The monoisotopic (exact) mass is 653 g/mol. The van der Waals surface area contributed by atoms with Crippen molar-refractivity contribution in [3.8, 4) is 0 Å². The largest absolute Gasteiger partial charge is 0.460 e. The molecule has 0 saturated carbocycles. The Morgan fingerprint density at radius 2 is 1.14 bits per heavy atom. The molecule has 0 aliphatic rings. The van der Waals surface area contributed by atoms with E-state index in [1.54, 1.807) is 17.3 Å². The molecule has 0 saturated heterocycles. The van der Waals surface area contributed by atoms with Crippen LogP contribution in [0.3, 0.4) is 0 Å². The maximum absolute atomic E-state index is 14.7. The van der Waals surface area contributed by atoms with Crippen LogP contribution in [0.4, 0.5) is 65.9 Å². The van der Waals surface area contributed by atoms with Crippen LogP contribution in [0.2, 0.25) is 0 Å². The third-order valence-corrected chi connectivity index (χ3v) is 6.78. The van der Waals surface area contributed by atoms with Gasteiger partial charge in [-0.1, -0.05) is 41.6 Å². The standard InChI is InChI=1S/C22H10F15NO3S/c23-16(24)18(27,28)17(25,26)15(13-6-5-12-7-10-3-1-2-4-11(10)8-14(12)9-13)38-41-42(39,40)22(36,37)20(31,32)19(29,30)21(33,34)35/h1-9,16H. The van der Waals surface area contributed by atoms with Crippen molar-refractivity contribution in [2.24, 2.45) is 5.16 Å². The predicted molar refractivity (Wildman–Crippen MR) is 115 cm³/mol. The molecule has 0 radical (unpaired) electrons. The Labute approximate surface area is 223 Å². The van der Waals surface area contributed by atoms with Crippen LogP contribution in [0.25, 0.3) is 21.5 Å². The molecule has 42 heavy (non-hydrogen) atoms. The average Bonchev–Trinajstić information content (AvgIpc) is 2.86. The van der Waals surface area contributed by atoms with Gasteiger partial charge in [-0.05, 0) is 39.7 Å². The normalized spacial score (nSPS) is 15.1. The van der Waals surface area contributed by atoms with Gasteiger partial charge in [-0.2, -0.15) is 65.5 Å². The van der Waals surface area contributed by atoms with Gasteiger partial charge in [0.25, 0.3) is 0 Å². The van der Waals surface area contributed by atoms with E-state index in [1.807, 2.05) is 0 Å². The maximum Gasteiger partial charge on any atom is 0.460 e. The van der Waals surface area contributed by atoms with Gasteiger partial charge in [-0.15, -0.1) is 0 Å². The minimum absolute atomic E-state index is 0.134. The summed E-state index contributed by atoms with van der Waals surface area (Å²) in [6.07, 6.45) is -12.8. The first-order valence-electron chi connectivity index (χ1n) is 10.5. The summed E-state index contributed by atoms with van der Waals surface area (Å²) in [6, 6.07) is 10.3. The summed E-state index contributed by atoms with van der Waals surface area (Å²) in [7, 11) is -7.98. The zero-order valence-electron chi connectivity index (χ0n) is 19.5. The fourth-order valence-electron chi connectivity index (χ4n) is 3.32. The third kappa shape index (κ3) is 5.06. The number of halogens is 15. The van der Waals surface area contributed by atoms with Crippen molar-refractivity contribution in [1.82, 2.24) is 0 Å². The predicted octanol–water partition coefficient (Wildman–Crippen LogP) is 8.00. The second-order valence-corrected chi connectivity index (χ2v) is 9.96. The van der Waals surface area contributed by atoms with Gasteiger partial charge < -0.3 is 0 Å². The molecule has 0 aromatic heterocycles. The van der Waals surface area contributed by atoms with Crippen LogP contribution >= 0.6 is 0 Å². The number of nitrogens with zero attached hydrogens (tertiary/aromatic N) is 1. The van der Waals surface area contributed by atoms with Gasteiger partial charge in [-0.25, -0.2) is 8.78 Å². The van der Waals surface area contributed by atoms with Crippen molar-refractivity contribution in [3.05, 3.63) is 60.2 Å². The molecule has 3 aromatic rings. The molecule has 232 valence electrons. The first-order chi connectivity index (χ1) is 18.8. The molecule has 0 atom stereocenters. The van der Waals surface area contributed by atoms with Gasteiger partial charge in [0.15, 0.2) is 5.71 Å². The van der Waals surface area contributed by atoms with Crippen LogP contribution in [0, 0.1) is 0 Å². The Hall–Kier alpha value is -3.45. The van der Waals surface area contributed by atoms with E-state index < -0.39 is 62.9 Å². The zero-order valence-corrected chi connectivity index (χ0v) is 20.3. The van der Waals surface area contributed by atoms with Gasteiger partial charge in [0.05, 0.1) is 0 Å². The van der Waals surface area contributed by atoms with Crippen molar-refractivity contribution < 1.29 is 78.6 Å². The Morgan fingerprint density at radius 1 is 0.667 bits per heavy atom. The highest BCUT2D eigenvalue weighted by Crippen LogP contribution is 2.55. The highest BCUT2D eigenvalue weighted by Gasteiger charge is 2.86. The second kappa shape index (κ2) is 10.1. The Kier molecular flexibility index (Phi) is 7.93. The van der Waals surface area contributed by atoms with Gasteiger partial charge >= 0.3 is 51.7 Å². The van der Waals surface area contributed by atoms with Crippen LogP contribution in [0.5, 0.6) is 0 Å². The Morgan fingerprint density at radius 3 is 1.62 bits per heavy atom. The van der Waals surface area contributed by atoms with Gasteiger partial charge in [0.2, 0.25) is 0 Å². The Balaban J connectivity index is 2.23. The van der Waals surface area contributed by atoms with Crippen molar-refractivity contribution in [2.45, 2.75) is 41.5 Å². The summed E-state index contributed by atoms with van der Waals surface area (Å²) < 4.78 is 227. The molecule has 3 aromatic carbocycles. The minimum Gasteiger partial charge on any atom is -0.263 e. The molecule has 0 heterocycles. The van der Waals surface area contributed by atoms with Gasteiger partial charge in [0.1, 0.15) is 0 Å². The molecule has 0 unspecified atom stereocenters. The van der Waals surface area contributed by atoms with Crippen LogP contribution in [-0.2, 0) is 14.4 Å². The number of benzene rings is 3. The summed E-state index contributed by atoms with van der Waals surface area (Å²) in [5, 5.41) is -5.08. The zero-order chi connectivity index (χ0) is 32.3. The smallest absolute Gasteiger partial charge is 0.263 e. The molecule has 0 aliphatic carbocycles. The van der Waals surface area contributed by atoms with Crippen LogP contribution in [-0.4, -0.2) is 55.7 Å². The summed E-state index contributed by atoms with van der Waals surface area (Å²) in [5.41, 5.74) is -4.39. The fraction of sp³-hybridized carbons (Fsp3) is 0.318. The molecular formula is C22H10F15NO3S. The van der Waals surface area contributed by atoms with Gasteiger partial charge in [0, 0.05) is 5.56 Å². The van der Waals surface area contributed by atoms with Crippen LogP contribution in [0.1, 0.15) is 5.56 Å². The summed E-state index contributed by atoms with van der Waals surface area (Å²) in [6.45, 7) is 0. The number of oxime groups is 1. The van der Waals surface area contributed by atoms with Crippen molar-refractivity contribution in [1.29, 1.82) is 0 Å². The molecule has 0 amide bonds. The molecule has 4 nitrogen and oxygen atoms in total. The highest BCUT2D eigenvalue weighted by atomic mass is 32.2. The number of hydrogen-bond donors (Lipinski definition) is 0. The number of rotatable bonds is 9. The summed E-state index contributed by atoms with van der Waals surface area (Å²) in [4.78, 5) is 0. The second-order valence-electron chi connectivity index (χ2n) is 8.39. The molecule has 3 rings (SSSR count). The lowest BCUT2D eigenvalue weighted by Crippen LogP contribution is -2.63. The SMILES string of the molecule is O=S(=O)(ON=C(c1ccc2cc3ccccc3cc2c1)C(F)(F)C(F)(F)C(F)F)C(F)(F)C(F)(F)C(F)(F)C(F)(F)F. The van der Waals surface area contributed by atoms with E-state index in [4.69, 9.17) is 0 Å². The third-order valence-electron chi connectivity index (χ3n) is 5.62. The average molecular weight is 653 g/mol. The van der Waals surface area contributed by atoms with E-state index in [-0.39, 0.29) is 10.8 Å². The summed E-state index contributed by atoms with van der Waals surface area (Å²) in [5.74, 6) is -28.5. The molecule has 0 fully saturated rings. The summed E-state index contributed by atoms with van der Waals surface area (Å²) >= 11 is 0. The van der Waals surface area contributed by atoms with Crippen LogP contribution in [0.15, 0.2) is 59.8 Å². The number of fused-ring (bicyclic) bond motifs is 2. The number of alkyl halides is 15. The molecule has 0 spiro atoms. The van der Waals surface area contributed by atoms with Gasteiger partial charge in [-0.3, -0.25) is 4.28 Å². The molecule has 0 N–H and O–H groups in total. The van der Waals surface area contributed by atoms with Crippen LogP contribution < -0.4 is 0 Å². The molecule has 20 heteroatoms. The lowest BCUT2D eigenvalue weighted by Gasteiger charge is -2.32. The van der Waals surface area contributed by atoms with E-state index >= 15 is 0 Å². The van der Waals surface area contributed by atoms with Crippen molar-refractivity contribution in [2.75, 3.05) is 0 Å². The van der Waals surface area contributed by atoms with E-state index in [1.165, 1.54) is 24.3 Å². The minimum atomic E-state index is -7.98. The lowest BCUT2D eigenvalue weighted by molar-refractivity contribution is -0.382. The lowest BCUT2D eigenvalue weighted by atomic mass is 9.96. The molecule has 0 bridgehead atoms. The quantitative estimate of drug-likeness (QED) is 0.102. The Bertz CT molecular complexity index is 1630. The molecule has 0 aliphatic heterocycles. The van der Waals surface area contributed by atoms with E-state index in [2.05, 4.69) is 4.28 Å². The highest BCUT2D eigenvalue weighted by molar-refractivity contribution is 7.87. The van der Waals surface area contributed by atoms with E-state index in [0.29, 0.717) is 22.9 Å². The maximum atomic E-state index is 14.7. The molecular weight excluding hydrogens is 643 g/mol. The fourth-order valence-corrected chi connectivity index (χ4v) is 4.03. The topological polar surface area (TPSA) is 55.7 Å². The van der Waals surface area contributed by atoms with E-state index in [0.717, 1.165) is 6.07 Å². The first kappa shape index (κ1) is 33.1.